The third-order valence-electron chi connectivity index (χ3n) is 4.40. The number of phenolic OH excluding ortho intramolecular Hbond substituents is 1. The number of aromatic hydroxyl groups is 1. The molecule has 1 aliphatic carbocycles. The molecule has 2 rings (SSSR count). The number of halogens is 2. The third kappa shape index (κ3) is 3.53. The molecule has 1 aromatic rings. The van der Waals surface area contributed by atoms with E-state index in [1.807, 2.05) is 12.1 Å². The van der Waals surface area contributed by atoms with E-state index in [1.165, 1.54) is 24.8 Å². The molecule has 0 spiro atoms. The van der Waals surface area contributed by atoms with Gasteiger partial charge in [-0.25, -0.2) is 0 Å². The summed E-state index contributed by atoms with van der Waals surface area (Å²) in [7, 11) is 0. The van der Waals surface area contributed by atoms with E-state index in [2.05, 4.69) is 51.0 Å². The van der Waals surface area contributed by atoms with Crippen LogP contribution in [0.1, 0.15) is 38.7 Å². The van der Waals surface area contributed by atoms with Gasteiger partial charge in [0.2, 0.25) is 0 Å². The zero-order valence-corrected chi connectivity index (χ0v) is 14.6. The van der Waals surface area contributed by atoms with Gasteiger partial charge >= 0.3 is 0 Å². The normalized spacial score (nSPS) is 26.8. The molecule has 2 nitrogen and oxygen atoms in total. The summed E-state index contributed by atoms with van der Waals surface area (Å²) in [6, 6.07) is 4.57. The Bertz CT molecular complexity index is 427. The van der Waals surface area contributed by atoms with Crippen molar-refractivity contribution in [2.24, 2.45) is 11.8 Å². The van der Waals surface area contributed by atoms with Crippen LogP contribution in [0.4, 0.5) is 0 Å². The number of phenols is 1. The van der Waals surface area contributed by atoms with Crippen molar-refractivity contribution in [2.75, 3.05) is 0 Å². The Labute approximate surface area is 132 Å². The molecule has 0 saturated heterocycles. The van der Waals surface area contributed by atoms with Crippen molar-refractivity contribution in [3.05, 3.63) is 26.6 Å². The molecule has 0 bridgehead atoms. The number of nitrogens with one attached hydrogen (secondary N) is 1. The molecule has 3 unspecified atom stereocenters. The summed E-state index contributed by atoms with van der Waals surface area (Å²) in [5.41, 5.74) is 1.18. The minimum atomic E-state index is 0.268. The van der Waals surface area contributed by atoms with Crippen molar-refractivity contribution in [3.8, 4) is 5.75 Å². The minimum Gasteiger partial charge on any atom is -0.506 e. The van der Waals surface area contributed by atoms with E-state index in [0.717, 1.165) is 27.3 Å². The molecular weight excluding hydrogens is 370 g/mol. The van der Waals surface area contributed by atoms with Crippen molar-refractivity contribution in [1.29, 1.82) is 0 Å². The minimum absolute atomic E-state index is 0.268. The number of benzene rings is 1. The lowest BCUT2D eigenvalue weighted by Gasteiger charge is -2.21. The third-order valence-corrected chi connectivity index (χ3v) is 5.61. The highest BCUT2D eigenvalue weighted by Gasteiger charge is 2.30. The first-order valence-electron chi connectivity index (χ1n) is 6.93. The van der Waals surface area contributed by atoms with Crippen LogP contribution in [-0.4, -0.2) is 11.1 Å². The van der Waals surface area contributed by atoms with E-state index >= 15 is 0 Å². The fourth-order valence-electron chi connectivity index (χ4n) is 3.08. The van der Waals surface area contributed by atoms with Crippen LogP contribution in [0, 0.1) is 11.8 Å². The van der Waals surface area contributed by atoms with E-state index in [1.54, 1.807) is 0 Å². The molecule has 1 aliphatic rings. The number of hydrogen-bond acceptors (Lipinski definition) is 2. The second-order valence-electron chi connectivity index (χ2n) is 5.50. The molecule has 4 heteroatoms. The van der Waals surface area contributed by atoms with Crippen molar-refractivity contribution in [2.45, 2.75) is 45.7 Å². The van der Waals surface area contributed by atoms with E-state index in [0.29, 0.717) is 6.04 Å². The van der Waals surface area contributed by atoms with Gasteiger partial charge in [-0.1, -0.05) is 20.3 Å². The predicted octanol–water partition coefficient (Wildman–Crippen LogP) is 4.83. The summed E-state index contributed by atoms with van der Waals surface area (Å²) in [5.74, 6) is 1.90. The molecule has 1 fully saturated rings. The lowest BCUT2D eigenvalue weighted by atomic mass is 9.93. The second-order valence-corrected chi connectivity index (χ2v) is 7.21. The Hall–Kier alpha value is -0.0600. The predicted molar refractivity (Wildman–Crippen MR) is 86.3 cm³/mol. The maximum atomic E-state index is 9.71. The van der Waals surface area contributed by atoms with E-state index in [9.17, 15) is 5.11 Å². The van der Waals surface area contributed by atoms with Crippen LogP contribution in [0.5, 0.6) is 5.75 Å². The molecular formula is C15H21Br2NO. The largest absolute Gasteiger partial charge is 0.506 e. The molecule has 0 radical (unpaired) electrons. The highest BCUT2D eigenvalue weighted by Crippen LogP contribution is 2.35. The second kappa shape index (κ2) is 6.59. The molecule has 1 aromatic carbocycles. The number of rotatable bonds is 4. The molecule has 0 aromatic heterocycles. The van der Waals surface area contributed by atoms with Crippen molar-refractivity contribution in [3.63, 3.8) is 0 Å². The molecule has 0 heterocycles. The zero-order valence-electron chi connectivity index (χ0n) is 11.4. The Morgan fingerprint density at radius 2 is 1.89 bits per heavy atom. The standard InChI is InChI=1S/C15H21Br2NO/c1-3-11-4-5-14(9(11)2)18-8-10-6-12(16)15(19)13(17)7-10/h6-7,9,11,14,18-19H,3-5,8H2,1-2H3. The van der Waals surface area contributed by atoms with Crippen molar-refractivity contribution >= 4 is 31.9 Å². The SMILES string of the molecule is CCC1CCC(NCc2cc(Br)c(O)c(Br)c2)C1C. The fourth-order valence-corrected chi connectivity index (χ4v) is 4.36. The zero-order chi connectivity index (χ0) is 14.0. The Morgan fingerprint density at radius 3 is 2.42 bits per heavy atom. The van der Waals surface area contributed by atoms with E-state index in [4.69, 9.17) is 0 Å². The first kappa shape index (κ1) is 15.3. The summed E-state index contributed by atoms with van der Waals surface area (Å²) in [5, 5.41) is 13.4. The maximum Gasteiger partial charge on any atom is 0.143 e. The van der Waals surface area contributed by atoms with Crippen LogP contribution < -0.4 is 5.32 Å². The first-order chi connectivity index (χ1) is 9.02. The van der Waals surface area contributed by atoms with Crippen LogP contribution in [-0.2, 0) is 6.54 Å². The lowest BCUT2D eigenvalue weighted by molar-refractivity contribution is 0.344. The highest BCUT2D eigenvalue weighted by molar-refractivity contribution is 9.11. The van der Waals surface area contributed by atoms with E-state index < -0.39 is 0 Å². The number of hydrogen-bond donors (Lipinski definition) is 2. The summed E-state index contributed by atoms with van der Waals surface area (Å²) >= 11 is 6.75. The maximum absolute atomic E-state index is 9.71. The topological polar surface area (TPSA) is 32.3 Å². The Balaban J connectivity index is 1.96. The quantitative estimate of drug-likeness (QED) is 0.771. The van der Waals surface area contributed by atoms with Gasteiger partial charge in [-0.05, 0) is 74.2 Å². The molecule has 106 valence electrons. The molecule has 19 heavy (non-hydrogen) atoms. The van der Waals surface area contributed by atoms with Gasteiger partial charge < -0.3 is 10.4 Å². The van der Waals surface area contributed by atoms with Gasteiger partial charge in [-0.3, -0.25) is 0 Å². The molecule has 3 atom stereocenters. The molecule has 0 aliphatic heterocycles. The summed E-state index contributed by atoms with van der Waals surface area (Å²) < 4.78 is 1.48. The Morgan fingerprint density at radius 1 is 1.26 bits per heavy atom. The Kier molecular flexibility index (Phi) is 5.32. The van der Waals surface area contributed by atoms with Crippen LogP contribution in [0.15, 0.2) is 21.1 Å². The van der Waals surface area contributed by atoms with Gasteiger partial charge in [-0.2, -0.15) is 0 Å². The van der Waals surface area contributed by atoms with Gasteiger partial charge in [0.15, 0.2) is 0 Å². The smallest absolute Gasteiger partial charge is 0.143 e. The monoisotopic (exact) mass is 389 g/mol. The first-order valence-corrected chi connectivity index (χ1v) is 8.51. The molecule has 1 saturated carbocycles. The van der Waals surface area contributed by atoms with Crippen LogP contribution in [0.25, 0.3) is 0 Å². The average molecular weight is 391 g/mol. The average Bonchev–Trinajstić information content (AvgIpc) is 2.74. The summed E-state index contributed by atoms with van der Waals surface area (Å²) in [6.07, 6.45) is 3.91. The van der Waals surface area contributed by atoms with Crippen molar-refractivity contribution in [1.82, 2.24) is 5.32 Å². The molecule has 0 amide bonds. The summed E-state index contributed by atoms with van der Waals surface area (Å²) in [6.45, 7) is 5.50. The van der Waals surface area contributed by atoms with Gasteiger partial charge in [-0.15, -0.1) is 0 Å². The highest BCUT2D eigenvalue weighted by atomic mass is 79.9. The van der Waals surface area contributed by atoms with Gasteiger partial charge in [0, 0.05) is 12.6 Å². The van der Waals surface area contributed by atoms with Gasteiger partial charge in [0.25, 0.3) is 0 Å². The molecule has 2 N–H and O–H groups in total. The van der Waals surface area contributed by atoms with E-state index in [-0.39, 0.29) is 5.75 Å². The van der Waals surface area contributed by atoms with Crippen molar-refractivity contribution < 1.29 is 5.11 Å². The van der Waals surface area contributed by atoms with Crippen LogP contribution >= 0.6 is 31.9 Å². The van der Waals surface area contributed by atoms with Crippen LogP contribution in [0.2, 0.25) is 0 Å². The fraction of sp³-hybridized carbons (Fsp3) is 0.600. The van der Waals surface area contributed by atoms with Gasteiger partial charge in [0.1, 0.15) is 5.75 Å². The summed E-state index contributed by atoms with van der Waals surface area (Å²) in [4.78, 5) is 0. The van der Waals surface area contributed by atoms with Crippen LogP contribution in [0.3, 0.4) is 0 Å². The lowest BCUT2D eigenvalue weighted by Crippen LogP contribution is -2.32. The van der Waals surface area contributed by atoms with Gasteiger partial charge in [0.05, 0.1) is 8.95 Å².